The van der Waals surface area contributed by atoms with E-state index in [-0.39, 0.29) is 12.2 Å². The lowest BCUT2D eigenvalue weighted by molar-refractivity contribution is 0.00674. The van der Waals surface area contributed by atoms with Gasteiger partial charge in [-0.3, -0.25) is 4.57 Å². The highest BCUT2D eigenvalue weighted by molar-refractivity contribution is 7.52. The average molecular weight is 732 g/mol. The monoisotopic (exact) mass is 731 g/mol. The van der Waals surface area contributed by atoms with Crippen LogP contribution in [0.5, 0.6) is 0 Å². The summed E-state index contributed by atoms with van der Waals surface area (Å²) in [5, 5.41) is 4.11. The molecule has 4 aromatic heterocycles. The molecule has 0 unspecified atom stereocenters. The fraction of sp³-hybridized carbons (Fsp3) is 0.649. The Morgan fingerprint density at radius 2 is 1.37 bits per heavy atom. The summed E-state index contributed by atoms with van der Waals surface area (Å²) in [6, 6.07) is 8.28. The van der Waals surface area contributed by atoms with E-state index in [0.717, 1.165) is 29.0 Å². The lowest BCUT2D eigenvalue weighted by Gasteiger charge is -2.37. The number of anilines is 1. The summed E-state index contributed by atoms with van der Waals surface area (Å²) >= 11 is 3.31. The Bertz CT molecular complexity index is 1470. The molecule has 0 spiro atoms. The Morgan fingerprint density at radius 1 is 0.837 bits per heavy atom. The Morgan fingerprint density at radius 3 is 1.86 bits per heavy atom. The van der Waals surface area contributed by atoms with E-state index in [9.17, 15) is 14.4 Å². The minimum absolute atomic E-state index is 0.196. The number of thiophene rings is 2. The second-order valence-electron chi connectivity index (χ2n) is 13.6. The molecule has 4 heterocycles. The van der Waals surface area contributed by atoms with Crippen LogP contribution < -0.4 is 5.73 Å². The molecule has 4 aromatic rings. The minimum atomic E-state index is -4.64. The van der Waals surface area contributed by atoms with Gasteiger partial charge in [0.25, 0.3) is 0 Å². The van der Waals surface area contributed by atoms with Crippen molar-refractivity contribution in [2.45, 2.75) is 153 Å². The summed E-state index contributed by atoms with van der Waals surface area (Å²) in [6.45, 7) is 4.41. The predicted molar refractivity (Wildman–Crippen MR) is 204 cm³/mol. The molecule has 0 aliphatic rings. The zero-order chi connectivity index (χ0) is 35.0. The fourth-order valence-corrected chi connectivity index (χ4v) is 9.86. The number of rotatable bonds is 26. The zero-order valence-electron chi connectivity index (χ0n) is 29.5. The van der Waals surface area contributed by atoms with Crippen molar-refractivity contribution in [1.29, 1.82) is 0 Å². The summed E-state index contributed by atoms with van der Waals surface area (Å²) in [6.07, 6.45) is 24.4. The highest BCUT2D eigenvalue weighted by atomic mass is 32.1. The van der Waals surface area contributed by atoms with Gasteiger partial charge >= 0.3 is 7.60 Å². The molecule has 2 atom stereocenters. The van der Waals surface area contributed by atoms with Crippen LogP contribution in [-0.2, 0) is 21.3 Å². The van der Waals surface area contributed by atoms with Crippen LogP contribution in [0.2, 0.25) is 0 Å². The van der Waals surface area contributed by atoms with Crippen molar-refractivity contribution in [3.05, 3.63) is 57.4 Å². The molecule has 0 fully saturated rings. The van der Waals surface area contributed by atoms with Crippen molar-refractivity contribution in [1.82, 2.24) is 19.5 Å². The largest absolute Gasteiger partial charge is 0.382 e. The van der Waals surface area contributed by atoms with Gasteiger partial charge in [0, 0.05) is 21.6 Å². The van der Waals surface area contributed by atoms with Crippen LogP contribution in [-0.4, -0.2) is 41.3 Å². The number of unbranched alkanes of at least 4 members (excludes halogenated alkanes) is 15. The number of ether oxygens (including phenoxy) is 1. The summed E-state index contributed by atoms with van der Waals surface area (Å²) in [5.41, 5.74) is 6.47. The van der Waals surface area contributed by atoms with Gasteiger partial charge in [0.05, 0.1) is 19.0 Å². The number of hydrogen-bond acceptors (Lipinski definition) is 8. The summed E-state index contributed by atoms with van der Waals surface area (Å²) < 4.78 is 21.2. The van der Waals surface area contributed by atoms with E-state index in [4.69, 9.17) is 10.5 Å². The van der Waals surface area contributed by atoms with Gasteiger partial charge in [0.15, 0.2) is 17.3 Å². The SMILES string of the molecule is CCCCCCCCCCCCCCCCCCC(C[C@H](O[C@H](C)Cn1cnc2c(N)ncnc21)P(=O)(O)O)(c1cccs1)c1cccs1. The highest BCUT2D eigenvalue weighted by Crippen LogP contribution is 2.53. The van der Waals surface area contributed by atoms with Crippen molar-refractivity contribution in [3.63, 3.8) is 0 Å². The average Bonchev–Trinajstić information content (AvgIpc) is 3.87. The molecule has 9 nitrogen and oxygen atoms in total. The molecular weight excluding hydrogens is 674 g/mol. The molecule has 12 heteroatoms. The van der Waals surface area contributed by atoms with E-state index in [0.29, 0.717) is 17.7 Å². The first-order chi connectivity index (χ1) is 23.7. The van der Waals surface area contributed by atoms with E-state index < -0.39 is 25.0 Å². The number of fused-ring (bicyclic) bond motifs is 1. The smallest absolute Gasteiger partial charge is 0.354 e. The van der Waals surface area contributed by atoms with Gasteiger partial charge in [-0.15, -0.1) is 22.7 Å². The Kier molecular flexibility index (Phi) is 16.7. The minimum Gasteiger partial charge on any atom is -0.382 e. The highest BCUT2D eigenvalue weighted by Gasteiger charge is 2.44. The lowest BCUT2D eigenvalue weighted by atomic mass is 9.76. The van der Waals surface area contributed by atoms with Crippen LogP contribution in [0, 0.1) is 0 Å². The fourth-order valence-electron chi connectivity index (χ4n) is 6.91. The molecule has 272 valence electrons. The molecule has 0 saturated heterocycles. The molecule has 4 rings (SSSR count). The summed E-state index contributed by atoms with van der Waals surface area (Å²) in [4.78, 5) is 36.2. The third-order valence-electron chi connectivity index (χ3n) is 9.61. The maximum Gasteiger partial charge on any atom is 0.354 e. The topological polar surface area (TPSA) is 136 Å². The molecule has 0 radical (unpaired) electrons. The van der Waals surface area contributed by atoms with Crippen molar-refractivity contribution < 1.29 is 19.1 Å². The summed E-state index contributed by atoms with van der Waals surface area (Å²) in [7, 11) is -4.64. The van der Waals surface area contributed by atoms with Crippen molar-refractivity contribution in [3.8, 4) is 0 Å². The van der Waals surface area contributed by atoms with Crippen LogP contribution in [0.15, 0.2) is 47.7 Å². The molecule has 0 saturated carbocycles. The lowest BCUT2D eigenvalue weighted by Crippen LogP contribution is -2.34. The molecule has 4 N–H and O–H groups in total. The van der Waals surface area contributed by atoms with Crippen molar-refractivity contribution in [2.24, 2.45) is 0 Å². The van der Waals surface area contributed by atoms with E-state index in [1.807, 2.05) is 19.1 Å². The second-order valence-corrected chi connectivity index (χ2v) is 17.3. The van der Waals surface area contributed by atoms with E-state index in [1.165, 1.54) is 96.2 Å². The molecule has 0 amide bonds. The number of imidazole rings is 1. The molecule has 0 aliphatic heterocycles. The first kappa shape index (κ1) is 39.6. The Hall–Kier alpha value is -2.14. The van der Waals surface area contributed by atoms with Crippen LogP contribution >= 0.6 is 30.3 Å². The van der Waals surface area contributed by atoms with E-state index in [1.54, 1.807) is 33.6 Å². The van der Waals surface area contributed by atoms with Gasteiger partial charge in [-0.25, -0.2) is 15.0 Å². The zero-order valence-corrected chi connectivity index (χ0v) is 32.1. The van der Waals surface area contributed by atoms with Crippen molar-refractivity contribution in [2.75, 3.05) is 5.73 Å². The van der Waals surface area contributed by atoms with Crippen LogP contribution in [0.3, 0.4) is 0 Å². The molecule has 0 aromatic carbocycles. The first-order valence-corrected chi connectivity index (χ1v) is 21.9. The predicted octanol–water partition coefficient (Wildman–Crippen LogP) is 10.5. The van der Waals surface area contributed by atoms with Crippen molar-refractivity contribution >= 4 is 47.3 Å². The van der Waals surface area contributed by atoms with Gasteiger partial charge in [-0.2, -0.15) is 0 Å². The number of aromatic nitrogens is 4. The Balaban J connectivity index is 1.31. The van der Waals surface area contributed by atoms with E-state index >= 15 is 0 Å². The molecular formula is C37H58N5O4PS2. The number of nitrogen functional groups attached to an aromatic ring is 1. The standard InChI is InChI=1S/C37H58N5O4PS2/c1-3-4-5-6-7-8-9-10-11-12-13-14-15-16-17-18-23-37(31-21-19-24-48-31,32-22-20-25-49-32)26-33(47(43,44)45)46-30(2)27-42-29-41-34-35(38)39-28-40-36(34)42/h19-22,24-25,28-30,33H,3-18,23,26-27H2,1-2H3,(H2,38,39,40)(H2,43,44,45)/t30-,33-/m1/s1. The molecule has 0 aliphatic carbocycles. The first-order valence-electron chi connectivity index (χ1n) is 18.4. The van der Waals surface area contributed by atoms with Gasteiger partial charge in [0.1, 0.15) is 11.8 Å². The van der Waals surface area contributed by atoms with Gasteiger partial charge in [-0.05, 0) is 36.2 Å². The molecule has 49 heavy (non-hydrogen) atoms. The normalized spacial score (nSPS) is 13.7. The number of nitrogens with two attached hydrogens (primary N) is 1. The Labute approximate surface area is 301 Å². The van der Waals surface area contributed by atoms with Gasteiger partial charge in [0.2, 0.25) is 0 Å². The quantitative estimate of drug-likeness (QED) is 0.0429. The van der Waals surface area contributed by atoms with Crippen LogP contribution in [0.4, 0.5) is 5.82 Å². The van der Waals surface area contributed by atoms with E-state index in [2.05, 4.69) is 44.8 Å². The maximum atomic E-state index is 13.1. The van der Waals surface area contributed by atoms with Crippen LogP contribution in [0.25, 0.3) is 11.2 Å². The third-order valence-corrected chi connectivity index (χ3v) is 12.8. The summed E-state index contributed by atoms with van der Waals surface area (Å²) in [5.74, 6) is -0.988. The van der Waals surface area contributed by atoms with Crippen LogP contribution in [0.1, 0.15) is 139 Å². The molecule has 0 bridgehead atoms. The van der Waals surface area contributed by atoms with Gasteiger partial charge in [-0.1, -0.05) is 122 Å². The number of nitrogens with zero attached hydrogens (tertiary/aromatic N) is 4. The number of hydrogen-bond donors (Lipinski definition) is 3. The third kappa shape index (κ3) is 12.3. The van der Waals surface area contributed by atoms with Gasteiger partial charge < -0.3 is 24.8 Å². The second kappa shape index (κ2) is 20.6. The maximum absolute atomic E-state index is 13.1.